The molecule has 1 heterocycles. The monoisotopic (exact) mass is 290 g/mol. The molecule has 0 atom stereocenters. The number of carbonyl (C=O) groups is 1. The first-order valence-corrected chi connectivity index (χ1v) is 6.90. The third-order valence-electron chi connectivity index (χ3n) is 3.26. The Labute approximate surface area is 123 Å². The highest BCUT2D eigenvalue weighted by Gasteiger charge is 2.24. The molecular formula is C16H19FN2O2. The van der Waals surface area contributed by atoms with Crippen LogP contribution in [0.3, 0.4) is 0 Å². The van der Waals surface area contributed by atoms with Crippen molar-refractivity contribution in [3.63, 3.8) is 0 Å². The Morgan fingerprint density at radius 1 is 1.33 bits per heavy atom. The molecule has 0 fully saturated rings. The van der Waals surface area contributed by atoms with E-state index in [0.29, 0.717) is 16.9 Å². The third kappa shape index (κ3) is 2.91. The summed E-state index contributed by atoms with van der Waals surface area (Å²) in [6.45, 7) is 5.95. The predicted molar refractivity (Wildman–Crippen MR) is 80.6 cm³/mol. The van der Waals surface area contributed by atoms with Gasteiger partial charge in [-0.3, -0.25) is 0 Å². The molecule has 1 aromatic heterocycles. The van der Waals surface area contributed by atoms with Crippen molar-refractivity contribution < 1.29 is 13.9 Å². The number of anilines is 1. The van der Waals surface area contributed by atoms with Gasteiger partial charge in [-0.25, -0.2) is 9.18 Å². The van der Waals surface area contributed by atoms with Crippen LogP contribution in [0.1, 0.15) is 42.7 Å². The predicted octanol–water partition coefficient (Wildman–Crippen LogP) is 3.70. The van der Waals surface area contributed by atoms with E-state index < -0.39 is 5.97 Å². The SMILES string of the molecule is CCOC(=O)c1c(C(C)C)[nH]c(-c2ccc(F)cc2)c1N. The van der Waals surface area contributed by atoms with Crippen LogP contribution in [-0.2, 0) is 4.74 Å². The molecule has 112 valence electrons. The summed E-state index contributed by atoms with van der Waals surface area (Å²) >= 11 is 0. The summed E-state index contributed by atoms with van der Waals surface area (Å²) in [6, 6.07) is 5.95. The zero-order chi connectivity index (χ0) is 15.6. The van der Waals surface area contributed by atoms with E-state index in [9.17, 15) is 9.18 Å². The average molecular weight is 290 g/mol. The highest BCUT2D eigenvalue weighted by Crippen LogP contribution is 2.34. The molecule has 4 nitrogen and oxygen atoms in total. The van der Waals surface area contributed by atoms with E-state index in [-0.39, 0.29) is 18.3 Å². The summed E-state index contributed by atoms with van der Waals surface area (Å²) in [4.78, 5) is 15.3. The minimum Gasteiger partial charge on any atom is -0.462 e. The number of hydrogen-bond donors (Lipinski definition) is 2. The second-order valence-corrected chi connectivity index (χ2v) is 5.08. The van der Waals surface area contributed by atoms with Gasteiger partial charge in [0.2, 0.25) is 0 Å². The fourth-order valence-electron chi connectivity index (χ4n) is 2.24. The van der Waals surface area contributed by atoms with Crippen molar-refractivity contribution in [3.8, 4) is 11.3 Å². The summed E-state index contributed by atoms with van der Waals surface area (Å²) in [5.74, 6) is -0.678. The minimum absolute atomic E-state index is 0.0842. The van der Waals surface area contributed by atoms with Gasteiger partial charge in [0.05, 0.1) is 18.0 Å². The van der Waals surface area contributed by atoms with Crippen LogP contribution in [0.15, 0.2) is 24.3 Å². The van der Waals surface area contributed by atoms with Gasteiger partial charge in [0, 0.05) is 11.3 Å². The number of nitrogens with one attached hydrogen (secondary N) is 1. The van der Waals surface area contributed by atoms with E-state index in [1.54, 1.807) is 19.1 Å². The Morgan fingerprint density at radius 2 is 1.95 bits per heavy atom. The number of H-pyrrole nitrogens is 1. The fraction of sp³-hybridized carbons (Fsp3) is 0.312. The van der Waals surface area contributed by atoms with Crippen molar-refractivity contribution in [2.45, 2.75) is 26.7 Å². The van der Waals surface area contributed by atoms with Gasteiger partial charge in [-0.1, -0.05) is 13.8 Å². The van der Waals surface area contributed by atoms with Crippen LogP contribution >= 0.6 is 0 Å². The molecule has 0 bridgehead atoms. The zero-order valence-corrected chi connectivity index (χ0v) is 12.4. The highest BCUT2D eigenvalue weighted by atomic mass is 19.1. The van der Waals surface area contributed by atoms with E-state index in [2.05, 4.69) is 4.98 Å². The quantitative estimate of drug-likeness (QED) is 0.843. The minimum atomic E-state index is -0.441. The van der Waals surface area contributed by atoms with Crippen molar-refractivity contribution in [1.29, 1.82) is 0 Å². The highest BCUT2D eigenvalue weighted by molar-refractivity contribution is 6.00. The molecule has 0 aliphatic carbocycles. The van der Waals surface area contributed by atoms with Gasteiger partial charge < -0.3 is 15.5 Å². The van der Waals surface area contributed by atoms with Gasteiger partial charge in [0.25, 0.3) is 0 Å². The Bertz CT molecular complexity index is 645. The molecule has 0 saturated carbocycles. The smallest absolute Gasteiger partial charge is 0.342 e. The molecule has 2 rings (SSSR count). The second kappa shape index (κ2) is 5.99. The molecule has 3 N–H and O–H groups in total. The van der Waals surface area contributed by atoms with Gasteiger partial charge in [-0.05, 0) is 37.1 Å². The second-order valence-electron chi connectivity index (χ2n) is 5.08. The van der Waals surface area contributed by atoms with Crippen LogP contribution in [0.25, 0.3) is 11.3 Å². The number of aromatic nitrogens is 1. The molecule has 2 aromatic rings. The topological polar surface area (TPSA) is 68.1 Å². The summed E-state index contributed by atoms with van der Waals surface area (Å²) in [6.07, 6.45) is 0. The number of carbonyl (C=O) groups excluding carboxylic acids is 1. The normalized spacial score (nSPS) is 10.9. The number of halogens is 1. The molecule has 0 amide bonds. The van der Waals surface area contributed by atoms with E-state index in [0.717, 1.165) is 11.3 Å². The average Bonchev–Trinajstić information content (AvgIpc) is 2.78. The molecule has 0 aliphatic heterocycles. The maximum atomic E-state index is 13.0. The number of benzene rings is 1. The maximum Gasteiger partial charge on any atom is 0.342 e. The number of esters is 1. The first-order chi connectivity index (χ1) is 9.95. The summed E-state index contributed by atoms with van der Waals surface area (Å²) in [7, 11) is 0. The van der Waals surface area contributed by atoms with Gasteiger partial charge >= 0.3 is 5.97 Å². The fourth-order valence-corrected chi connectivity index (χ4v) is 2.24. The first kappa shape index (κ1) is 15.1. The van der Waals surface area contributed by atoms with Crippen LogP contribution in [0.5, 0.6) is 0 Å². The maximum absolute atomic E-state index is 13.0. The van der Waals surface area contributed by atoms with Crippen molar-refractivity contribution >= 4 is 11.7 Å². The van der Waals surface area contributed by atoms with Crippen LogP contribution < -0.4 is 5.73 Å². The van der Waals surface area contributed by atoms with Gasteiger partial charge in [-0.2, -0.15) is 0 Å². The van der Waals surface area contributed by atoms with Crippen molar-refractivity contribution in [3.05, 3.63) is 41.3 Å². The van der Waals surface area contributed by atoms with Crippen LogP contribution in [0.4, 0.5) is 10.1 Å². The number of nitrogen functional groups attached to an aromatic ring is 1. The van der Waals surface area contributed by atoms with E-state index in [1.807, 2.05) is 13.8 Å². The number of ether oxygens (including phenoxy) is 1. The van der Waals surface area contributed by atoms with Crippen molar-refractivity contribution in [2.75, 3.05) is 12.3 Å². The van der Waals surface area contributed by atoms with E-state index in [4.69, 9.17) is 10.5 Å². The van der Waals surface area contributed by atoms with Gasteiger partial charge in [-0.15, -0.1) is 0 Å². The molecule has 1 aromatic carbocycles. The first-order valence-electron chi connectivity index (χ1n) is 6.90. The molecule has 0 saturated heterocycles. The van der Waals surface area contributed by atoms with E-state index in [1.165, 1.54) is 12.1 Å². The summed E-state index contributed by atoms with van der Waals surface area (Å²) < 4.78 is 18.1. The Balaban J connectivity index is 2.56. The lowest BCUT2D eigenvalue weighted by atomic mass is 10.0. The van der Waals surface area contributed by atoms with Gasteiger partial charge in [0.1, 0.15) is 11.4 Å². The van der Waals surface area contributed by atoms with Crippen LogP contribution in [-0.4, -0.2) is 17.6 Å². The lowest BCUT2D eigenvalue weighted by Gasteiger charge is -2.07. The molecule has 5 heteroatoms. The van der Waals surface area contributed by atoms with Gasteiger partial charge in [0.15, 0.2) is 0 Å². The Morgan fingerprint density at radius 3 is 2.48 bits per heavy atom. The summed E-state index contributed by atoms with van der Waals surface area (Å²) in [5.41, 5.74) is 8.89. The molecule has 0 spiro atoms. The molecular weight excluding hydrogens is 271 g/mol. The lowest BCUT2D eigenvalue weighted by Crippen LogP contribution is -2.09. The summed E-state index contributed by atoms with van der Waals surface area (Å²) in [5, 5.41) is 0. The third-order valence-corrected chi connectivity index (χ3v) is 3.26. The number of hydrogen-bond acceptors (Lipinski definition) is 3. The molecule has 0 aliphatic rings. The van der Waals surface area contributed by atoms with Crippen molar-refractivity contribution in [1.82, 2.24) is 4.98 Å². The van der Waals surface area contributed by atoms with Crippen molar-refractivity contribution in [2.24, 2.45) is 0 Å². The number of aromatic amines is 1. The van der Waals surface area contributed by atoms with Crippen LogP contribution in [0.2, 0.25) is 0 Å². The van der Waals surface area contributed by atoms with E-state index >= 15 is 0 Å². The Hall–Kier alpha value is -2.30. The Kier molecular flexibility index (Phi) is 4.31. The number of nitrogens with two attached hydrogens (primary N) is 1. The molecule has 0 unspecified atom stereocenters. The number of rotatable bonds is 4. The lowest BCUT2D eigenvalue weighted by molar-refractivity contribution is 0.0526. The molecule has 21 heavy (non-hydrogen) atoms. The van der Waals surface area contributed by atoms with Crippen LogP contribution in [0, 0.1) is 5.82 Å². The largest absolute Gasteiger partial charge is 0.462 e. The standard InChI is InChI=1S/C16H19FN2O2/c1-4-21-16(20)12-13(18)15(19-14(12)9(2)3)10-5-7-11(17)8-6-10/h5-9,19H,4,18H2,1-3H3. The zero-order valence-electron chi connectivity index (χ0n) is 12.4. The molecule has 0 radical (unpaired) electrons.